The van der Waals surface area contributed by atoms with Crippen molar-refractivity contribution in [1.29, 1.82) is 0 Å². The number of nitrogens with one attached hydrogen (secondary N) is 1. The van der Waals surface area contributed by atoms with Gasteiger partial charge >= 0.3 is 0 Å². The molecule has 4 heteroatoms. The molecule has 0 spiro atoms. The van der Waals surface area contributed by atoms with Gasteiger partial charge in [-0.15, -0.1) is 0 Å². The van der Waals surface area contributed by atoms with E-state index in [2.05, 4.69) is 11.9 Å². The molecule has 2 aromatic rings. The summed E-state index contributed by atoms with van der Waals surface area (Å²) in [5.74, 6) is 0.817. The fourth-order valence-electron chi connectivity index (χ4n) is 3.35. The van der Waals surface area contributed by atoms with Crippen molar-refractivity contribution < 1.29 is 4.79 Å². The third kappa shape index (κ3) is 2.68. The number of hydrogen-bond donors (Lipinski definition) is 2. The van der Waals surface area contributed by atoms with Gasteiger partial charge in [-0.2, -0.15) is 0 Å². The van der Waals surface area contributed by atoms with Crippen molar-refractivity contribution in [2.75, 3.05) is 13.1 Å². The molecule has 0 aliphatic carbocycles. The molecule has 3 rings (SSSR count). The molecule has 1 aliphatic heterocycles. The summed E-state index contributed by atoms with van der Waals surface area (Å²) in [7, 11) is 0. The minimum absolute atomic E-state index is 0.114. The molecule has 21 heavy (non-hydrogen) atoms. The molecule has 2 atom stereocenters. The quantitative estimate of drug-likeness (QED) is 0.911. The van der Waals surface area contributed by atoms with Gasteiger partial charge in [-0.25, -0.2) is 0 Å². The maximum atomic E-state index is 12.8. The summed E-state index contributed by atoms with van der Waals surface area (Å²) in [6.07, 6.45) is 5.19. The number of H-pyrrole nitrogens is 1. The Morgan fingerprint density at radius 3 is 3.05 bits per heavy atom. The fraction of sp³-hybridized carbons (Fsp3) is 0.471. The monoisotopic (exact) mass is 285 g/mol. The van der Waals surface area contributed by atoms with Gasteiger partial charge in [0.05, 0.1) is 0 Å². The highest BCUT2D eigenvalue weighted by Crippen LogP contribution is 2.26. The lowest BCUT2D eigenvalue weighted by molar-refractivity contribution is 0.0559. The molecule has 1 aliphatic rings. The molecule has 3 N–H and O–H groups in total. The van der Waals surface area contributed by atoms with Crippen LogP contribution in [0.1, 0.15) is 36.5 Å². The van der Waals surface area contributed by atoms with Gasteiger partial charge in [0.1, 0.15) is 0 Å². The van der Waals surface area contributed by atoms with Crippen LogP contribution in [0.5, 0.6) is 0 Å². The molecule has 1 saturated heterocycles. The van der Waals surface area contributed by atoms with E-state index in [0.29, 0.717) is 12.5 Å². The lowest BCUT2D eigenvalue weighted by Gasteiger charge is -2.39. The van der Waals surface area contributed by atoms with Gasteiger partial charge in [-0.3, -0.25) is 4.79 Å². The molecule has 1 amide bonds. The number of likely N-dealkylation sites (tertiary alicyclic amines) is 1. The molecule has 0 radical (unpaired) electrons. The Morgan fingerprint density at radius 2 is 2.29 bits per heavy atom. The van der Waals surface area contributed by atoms with Crippen molar-refractivity contribution in [2.45, 2.75) is 32.2 Å². The number of rotatable bonds is 3. The summed E-state index contributed by atoms with van der Waals surface area (Å²) < 4.78 is 0. The number of fused-ring (bicyclic) bond motifs is 1. The van der Waals surface area contributed by atoms with E-state index in [1.54, 1.807) is 0 Å². The van der Waals surface area contributed by atoms with Crippen LogP contribution < -0.4 is 5.73 Å². The predicted molar refractivity (Wildman–Crippen MR) is 85.2 cm³/mol. The number of amides is 1. The first-order valence-corrected chi connectivity index (χ1v) is 7.81. The lowest BCUT2D eigenvalue weighted by atomic mass is 9.88. The number of aromatic amines is 1. The van der Waals surface area contributed by atoms with E-state index in [-0.39, 0.29) is 11.9 Å². The summed E-state index contributed by atoms with van der Waals surface area (Å²) in [5.41, 5.74) is 7.72. The van der Waals surface area contributed by atoms with Crippen LogP contribution in [0.3, 0.4) is 0 Å². The van der Waals surface area contributed by atoms with Gasteiger partial charge in [0.25, 0.3) is 5.91 Å². The predicted octanol–water partition coefficient (Wildman–Crippen LogP) is 2.76. The minimum atomic E-state index is 0.114. The zero-order valence-corrected chi connectivity index (χ0v) is 12.5. The molecule has 0 bridgehead atoms. The third-order valence-corrected chi connectivity index (χ3v) is 4.73. The van der Waals surface area contributed by atoms with Gasteiger partial charge in [0.2, 0.25) is 0 Å². The Hall–Kier alpha value is -1.81. The molecule has 0 saturated carbocycles. The minimum Gasteiger partial charge on any atom is -0.361 e. The number of nitrogens with two attached hydrogens (primary N) is 1. The number of piperidine rings is 1. The summed E-state index contributed by atoms with van der Waals surface area (Å²) in [5, 5.41) is 1.08. The first-order chi connectivity index (χ1) is 10.2. The summed E-state index contributed by atoms with van der Waals surface area (Å²) >= 11 is 0. The van der Waals surface area contributed by atoms with E-state index in [1.807, 2.05) is 35.4 Å². The maximum absolute atomic E-state index is 12.8. The van der Waals surface area contributed by atoms with Crippen molar-refractivity contribution in [2.24, 2.45) is 11.7 Å². The molecule has 2 unspecified atom stereocenters. The Bertz CT molecular complexity index is 634. The highest BCUT2D eigenvalue weighted by atomic mass is 16.2. The van der Waals surface area contributed by atoms with Crippen LogP contribution in [0.15, 0.2) is 30.5 Å². The molecule has 4 nitrogen and oxygen atoms in total. The van der Waals surface area contributed by atoms with Crippen LogP contribution in [0.4, 0.5) is 0 Å². The van der Waals surface area contributed by atoms with Crippen molar-refractivity contribution in [3.05, 3.63) is 36.0 Å². The van der Waals surface area contributed by atoms with Crippen LogP contribution >= 0.6 is 0 Å². The Kier molecular flexibility index (Phi) is 3.97. The average Bonchev–Trinajstić information content (AvgIpc) is 3.01. The summed E-state index contributed by atoms with van der Waals surface area (Å²) in [6, 6.07) is 8.02. The van der Waals surface area contributed by atoms with E-state index in [9.17, 15) is 4.79 Å². The number of aromatic nitrogens is 1. The zero-order chi connectivity index (χ0) is 14.8. The average molecular weight is 285 g/mol. The van der Waals surface area contributed by atoms with Gasteiger partial charge in [-0.05, 0) is 43.0 Å². The van der Waals surface area contributed by atoms with Crippen LogP contribution in [0.2, 0.25) is 0 Å². The fourth-order valence-corrected chi connectivity index (χ4v) is 3.35. The zero-order valence-electron chi connectivity index (χ0n) is 12.5. The van der Waals surface area contributed by atoms with Crippen molar-refractivity contribution in [1.82, 2.24) is 9.88 Å². The van der Waals surface area contributed by atoms with Crippen LogP contribution in [0, 0.1) is 5.92 Å². The molecule has 112 valence electrons. The smallest absolute Gasteiger partial charge is 0.254 e. The van der Waals surface area contributed by atoms with Crippen molar-refractivity contribution >= 4 is 16.8 Å². The summed E-state index contributed by atoms with van der Waals surface area (Å²) in [4.78, 5) is 17.9. The second kappa shape index (κ2) is 5.90. The largest absolute Gasteiger partial charge is 0.361 e. The first-order valence-electron chi connectivity index (χ1n) is 7.81. The SMILES string of the molecule is CCC1CCN(C(=O)c2ccc3[nH]ccc3c2)C(CN)C1. The van der Waals surface area contributed by atoms with Crippen LogP contribution in [-0.2, 0) is 0 Å². The van der Waals surface area contributed by atoms with E-state index in [0.717, 1.165) is 35.9 Å². The number of hydrogen-bond acceptors (Lipinski definition) is 2. The van der Waals surface area contributed by atoms with Crippen molar-refractivity contribution in [3.8, 4) is 0 Å². The van der Waals surface area contributed by atoms with Gasteiger partial charge in [-0.1, -0.05) is 13.3 Å². The Morgan fingerprint density at radius 1 is 1.43 bits per heavy atom. The topological polar surface area (TPSA) is 62.1 Å². The standard InChI is InChI=1S/C17H23N3O/c1-2-12-6-8-20(15(9-12)11-18)17(21)14-3-4-16-13(10-14)5-7-19-16/h3-5,7,10,12,15,19H,2,6,8-9,11,18H2,1H3. The normalized spacial score (nSPS) is 22.7. The van der Waals surface area contributed by atoms with Crippen LogP contribution in [-0.4, -0.2) is 34.9 Å². The second-order valence-electron chi connectivity index (χ2n) is 5.97. The van der Waals surface area contributed by atoms with E-state index in [4.69, 9.17) is 5.73 Å². The van der Waals surface area contributed by atoms with E-state index in [1.165, 1.54) is 6.42 Å². The number of benzene rings is 1. The molecule has 1 aromatic carbocycles. The van der Waals surface area contributed by atoms with Gasteiger partial charge in [0.15, 0.2) is 0 Å². The molecule has 1 fully saturated rings. The van der Waals surface area contributed by atoms with Gasteiger partial charge in [0, 0.05) is 41.8 Å². The van der Waals surface area contributed by atoms with Crippen LogP contribution in [0.25, 0.3) is 10.9 Å². The van der Waals surface area contributed by atoms with Crippen molar-refractivity contribution in [3.63, 3.8) is 0 Å². The summed E-state index contributed by atoms with van der Waals surface area (Å²) in [6.45, 7) is 3.59. The molecule has 1 aromatic heterocycles. The van der Waals surface area contributed by atoms with E-state index < -0.39 is 0 Å². The highest BCUT2D eigenvalue weighted by Gasteiger charge is 2.30. The highest BCUT2D eigenvalue weighted by molar-refractivity contribution is 5.98. The third-order valence-electron chi connectivity index (χ3n) is 4.73. The van der Waals surface area contributed by atoms with E-state index >= 15 is 0 Å². The second-order valence-corrected chi connectivity index (χ2v) is 5.97. The lowest BCUT2D eigenvalue weighted by Crippen LogP contribution is -2.49. The number of carbonyl (C=O) groups is 1. The maximum Gasteiger partial charge on any atom is 0.254 e. The molecule has 2 heterocycles. The molecular formula is C17H23N3O. The first kappa shape index (κ1) is 14.1. The van der Waals surface area contributed by atoms with Gasteiger partial charge < -0.3 is 15.6 Å². The Balaban J connectivity index is 1.83. The molecular weight excluding hydrogens is 262 g/mol. The number of nitrogens with zero attached hydrogens (tertiary/aromatic N) is 1. The number of carbonyl (C=O) groups excluding carboxylic acids is 1. The Labute approximate surface area is 125 Å².